The fraction of sp³-hybridized carbons (Fsp3) is 0.235. The van der Waals surface area contributed by atoms with Crippen molar-refractivity contribution in [3.8, 4) is 0 Å². The molecule has 3 nitrogen and oxygen atoms in total. The van der Waals surface area contributed by atoms with E-state index in [4.69, 9.17) is 4.42 Å². The van der Waals surface area contributed by atoms with Crippen LogP contribution in [0.1, 0.15) is 18.7 Å². The van der Waals surface area contributed by atoms with Crippen LogP contribution in [0.25, 0.3) is 11.0 Å². The molecule has 0 amide bonds. The van der Waals surface area contributed by atoms with Gasteiger partial charge in [0.1, 0.15) is 11.3 Å². The second-order valence-corrected chi connectivity index (χ2v) is 5.82. The predicted molar refractivity (Wildman–Crippen MR) is 87.6 cm³/mol. The number of nitrogens with zero attached hydrogens (tertiary/aromatic N) is 1. The first-order valence-corrected chi connectivity index (χ1v) is 8.11. The van der Waals surface area contributed by atoms with Crippen molar-refractivity contribution in [2.75, 3.05) is 12.3 Å². The van der Waals surface area contributed by atoms with Crippen molar-refractivity contribution in [2.24, 2.45) is 0 Å². The summed E-state index contributed by atoms with van der Waals surface area (Å²) in [6.07, 6.45) is 1.83. The van der Waals surface area contributed by atoms with Crippen LogP contribution in [0.4, 0.5) is 0 Å². The summed E-state index contributed by atoms with van der Waals surface area (Å²) in [5, 5.41) is 5.68. The van der Waals surface area contributed by atoms with Crippen molar-refractivity contribution in [1.82, 2.24) is 10.3 Å². The number of benzene rings is 1. The van der Waals surface area contributed by atoms with Crippen LogP contribution in [0, 0.1) is 0 Å². The Morgan fingerprint density at radius 2 is 2.05 bits per heavy atom. The second kappa shape index (κ2) is 6.78. The predicted octanol–water partition coefficient (Wildman–Crippen LogP) is 4.27. The van der Waals surface area contributed by atoms with Gasteiger partial charge in [0.05, 0.1) is 11.1 Å². The van der Waals surface area contributed by atoms with Crippen LogP contribution < -0.4 is 5.32 Å². The number of para-hydroxylation sites is 1. The molecule has 0 aliphatic heterocycles. The van der Waals surface area contributed by atoms with Gasteiger partial charge in [0.2, 0.25) is 0 Å². The van der Waals surface area contributed by atoms with E-state index in [1.165, 1.54) is 0 Å². The molecule has 0 saturated heterocycles. The van der Waals surface area contributed by atoms with Crippen LogP contribution in [-0.2, 0) is 0 Å². The van der Waals surface area contributed by atoms with Gasteiger partial charge in [-0.05, 0) is 30.8 Å². The molecule has 2 heterocycles. The molecule has 3 rings (SSSR count). The summed E-state index contributed by atoms with van der Waals surface area (Å²) in [4.78, 5) is 4.35. The summed E-state index contributed by atoms with van der Waals surface area (Å²) in [6.45, 7) is 3.02. The summed E-state index contributed by atoms with van der Waals surface area (Å²) in [5.74, 6) is 1.88. The Morgan fingerprint density at radius 1 is 1.19 bits per heavy atom. The average molecular weight is 298 g/mol. The van der Waals surface area contributed by atoms with Crippen LogP contribution >= 0.6 is 11.8 Å². The van der Waals surface area contributed by atoms with Gasteiger partial charge in [-0.3, -0.25) is 0 Å². The third-order valence-corrected chi connectivity index (χ3v) is 4.31. The summed E-state index contributed by atoms with van der Waals surface area (Å²) < 4.78 is 5.97. The summed E-state index contributed by atoms with van der Waals surface area (Å²) in [7, 11) is 0. The number of aromatic nitrogens is 1. The molecular weight excluding hydrogens is 280 g/mol. The molecule has 0 saturated carbocycles. The van der Waals surface area contributed by atoms with Crippen molar-refractivity contribution in [2.45, 2.75) is 18.0 Å². The number of hydrogen-bond donors (Lipinski definition) is 1. The molecule has 4 heteroatoms. The van der Waals surface area contributed by atoms with Crippen molar-refractivity contribution >= 4 is 22.7 Å². The van der Waals surface area contributed by atoms with Crippen molar-refractivity contribution < 1.29 is 4.42 Å². The molecule has 108 valence electrons. The number of pyridine rings is 1. The third-order valence-electron chi connectivity index (χ3n) is 3.27. The molecule has 0 bridgehead atoms. The van der Waals surface area contributed by atoms with E-state index in [-0.39, 0.29) is 6.04 Å². The fourth-order valence-electron chi connectivity index (χ4n) is 2.26. The Bertz CT molecular complexity index is 663. The number of rotatable bonds is 6. The normalized spacial score (nSPS) is 12.6. The van der Waals surface area contributed by atoms with Crippen LogP contribution in [0.3, 0.4) is 0 Å². The quantitative estimate of drug-likeness (QED) is 0.690. The molecule has 1 atom stereocenters. The maximum atomic E-state index is 5.97. The molecule has 0 aliphatic carbocycles. The van der Waals surface area contributed by atoms with Gasteiger partial charge in [-0.2, -0.15) is 0 Å². The molecule has 2 aromatic heterocycles. The highest BCUT2D eigenvalue weighted by atomic mass is 32.2. The minimum absolute atomic E-state index is 0.189. The molecule has 0 fully saturated rings. The van der Waals surface area contributed by atoms with E-state index in [1.54, 1.807) is 11.8 Å². The molecule has 1 unspecified atom stereocenters. The molecular formula is C17H18N2OS. The van der Waals surface area contributed by atoms with E-state index in [0.29, 0.717) is 0 Å². The molecule has 21 heavy (non-hydrogen) atoms. The highest BCUT2D eigenvalue weighted by molar-refractivity contribution is 7.99. The Morgan fingerprint density at radius 3 is 2.81 bits per heavy atom. The Hall–Kier alpha value is -1.78. The second-order valence-electron chi connectivity index (χ2n) is 4.78. The molecule has 0 radical (unpaired) electrons. The SMILES string of the molecule is CCNC(CSc1ccccn1)c1cc2ccccc2o1. The van der Waals surface area contributed by atoms with Crippen LogP contribution in [0.2, 0.25) is 0 Å². The Labute approximate surface area is 128 Å². The summed E-state index contributed by atoms with van der Waals surface area (Å²) in [6, 6.07) is 16.4. The molecule has 1 N–H and O–H groups in total. The van der Waals surface area contributed by atoms with Gasteiger partial charge in [-0.1, -0.05) is 31.2 Å². The van der Waals surface area contributed by atoms with Crippen molar-refractivity contribution in [3.05, 3.63) is 60.5 Å². The number of furan rings is 1. The molecule has 3 aromatic rings. The zero-order chi connectivity index (χ0) is 14.5. The topological polar surface area (TPSA) is 38.1 Å². The van der Waals surface area contributed by atoms with Gasteiger partial charge in [0.15, 0.2) is 0 Å². The highest BCUT2D eigenvalue weighted by Crippen LogP contribution is 2.28. The van der Waals surface area contributed by atoms with E-state index in [0.717, 1.165) is 34.1 Å². The van der Waals surface area contributed by atoms with E-state index >= 15 is 0 Å². The van der Waals surface area contributed by atoms with Crippen LogP contribution in [0.15, 0.2) is 64.2 Å². The Kier molecular flexibility index (Phi) is 4.58. The first kappa shape index (κ1) is 14.2. The van der Waals surface area contributed by atoms with Gasteiger partial charge in [-0.15, -0.1) is 11.8 Å². The molecule has 1 aromatic carbocycles. The van der Waals surface area contributed by atoms with Crippen molar-refractivity contribution in [3.63, 3.8) is 0 Å². The number of thioether (sulfide) groups is 1. The van der Waals surface area contributed by atoms with Crippen molar-refractivity contribution in [1.29, 1.82) is 0 Å². The van der Waals surface area contributed by atoms with Gasteiger partial charge in [-0.25, -0.2) is 4.98 Å². The van der Waals surface area contributed by atoms with Gasteiger partial charge in [0, 0.05) is 17.3 Å². The number of fused-ring (bicyclic) bond motifs is 1. The van der Waals surface area contributed by atoms with E-state index in [1.807, 2.05) is 42.6 Å². The summed E-state index contributed by atoms with van der Waals surface area (Å²) in [5.41, 5.74) is 0.943. The van der Waals surface area contributed by atoms with Gasteiger partial charge < -0.3 is 9.73 Å². The minimum Gasteiger partial charge on any atom is -0.459 e. The summed E-state index contributed by atoms with van der Waals surface area (Å²) >= 11 is 1.74. The van der Waals surface area contributed by atoms with Gasteiger partial charge in [0.25, 0.3) is 0 Å². The highest BCUT2D eigenvalue weighted by Gasteiger charge is 2.16. The van der Waals surface area contributed by atoms with E-state index < -0.39 is 0 Å². The first-order valence-electron chi connectivity index (χ1n) is 7.12. The number of nitrogens with one attached hydrogen (secondary N) is 1. The van der Waals surface area contributed by atoms with Crippen LogP contribution in [-0.4, -0.2) is 17.3 Å². The third kappa shape index (κ3) is 3.46. The standard InChI is InChI=1S/C17H18N2OS/c1-2-18-14(12-21-17-9-5-6-10-19-17)16-11-13-7-3-4-8-15(13)20-16/h3-11,14,18H,2,12H2,1H3. The number of hydrogen-bond acceptors (Lipinski definition) is 4. The largest absolute Gasteiger partial charge is 0.459 e. The van der Waals surface area contributed by atoms with E-state index in [9.17, 15) is 0 Å². The van der Waals surface area contributed by atoms with E-state index in [2.05, 4.69) is 29.4 Å². The zero-order valence-corrected chi connectivity index (χ0v) is 12.8. The monoisotopic (exact) mass is 298 g/mol. The maximum absolute atomic E-state index is 5.97. The van der Waals surface area contributed by atoms with Crippen LogP contribution in [0.5, 0.6) is 0 Å². The lowest BCUT2D eigenvalue weighted by molar-refractivity contribution is 0.464. The lowest BCUT2D eigenvalue weighted by Gasteiger charge is -2.14. The fourth-order valence-corrected chi connectivity index (χ4v) is 3.19. The minimum atomic E-state index is 0.189. The molecule has 0 aliphatic rings. The maximum Gasteiger partial charge on any atom is 0.134 e. The lowest BCUT2D eigenvalue weighted by Crippen LogP contribution is -2.22. The van der Waals surface area contributed by atoms with Gasteiger partial charge >= 0.3 is 0 Å². The molecule has 0 spiro atoms. The lowest BCUT2D eigenvalue weighted by atomic mass is 10.2. The zero-order valence-electron chi connectivity index (χ0n) is 12.0. The Balaban J connectivity index is 1.77. The average Bonchev–Trinajstić information content (AvgIpc) is 2.96. The first-order chi connectivity index (χ1) is 10.4. The smallest absolute Gasteiger partial charge is 0.134 e.